The zero-order valence-electron chi connectivity index (χ0n) is 10.6. The predicted molar refractivity (Wildman–Crippen MR) is 72.4 cm³/mol. The van der Waals surface area contributed by atoms with Crippen molar-refractivity contribution >= 4 is 5.97 Å². The highest BCUT2D eigenvalue weighted by molar-refractivity contribution is 5.85. The summed E-state index contributed by atoms with van der Waals surface area (Å²) in [7, 11) is 0. The van der Waals surface area contributed by atoms with Crippen molar-refractivity contribution in [2.75, 3.05) is 0 Å². The van der Waals surface area contributed by atoms with Crippen LogP contribution in [0.2, 0.25) is 0 Å². The maximum absolute atomic E-state index is 11.0. The van der Waals surface area contributed by atoms with Crippen molar-refractivity contribution in [1.82, 2.24) is 9.55 Å². The molecule has 5 heteroatoms. The summed E-state index contributed by atoms with van der Waals surface area (Å²) in [5.41, 5.74) is 1.81. The van der Waals surface area contributed by atoms with Crippen molar-refractivity contribution in [2.24, 2.45) is 0 Å². The van der Waals surface area contributed by atoms with E-state index < -0.39 is 5.97 Å². The molecule has 1 aromatic carbocycles. The van der Waals surface area contributed by atoms with Crippen LogP contribution in [0.1, 0.15) is 16.2 Å². The third-order valence-corrected chi connectivity index (χ3v) is 2.95. The molecule has 0 bridgehead atoms. The molecule has 0 radical (unpaired) electrons. The zero-order valence-corrected chi connectivity index (χ0v) is 10.6. The molecule has 100 valence electrons. The molecule has 0 aliphatic heterocycles. The molecule has 3 aromatic rings. The van der Waals surface area contributed by atoms with Gasteiger partial charge in [-0.1, -0.05) is 18.2 Å². The third kappa shape index (κ3) is 2.33. The van der Waals surface area contributed by atoms with E-state index in [4.69, 9.17) is 9.52 Å². The predicted octanol–water partition coefficient (Wildman–Crippen LogP) is 2.89. The van der Waals surface area contributed by atoms with Crippen LogP contribution in [0, 0.1) is 0 Å². The van der Waals surface area contributed by atoms with Crippen molar-refractivity contribution in [3.63, 3.8) is 0 Å². The van der Waals surface area contributed by atoms with Crippen LogP contribution in [0.5, 0.6) is 0 Å². The highest BCUT2D eigenvalue weighted by Gasteiger charge is 2.11. The summed E-state index contributed by atoms with van der Waals surface area (Å²) in [4.78, 5) is 15.4. The summed E-state index contributed by atoms with van der Waals surface area (Å²) in [6, 6.07) is 12.8. The number of carboxylic acids is 1. The van der Waals surface area contributed by atoms with Crippen molar-refractivity contribution in [3.8, 4) is 11.5 Å². The lowest BCUT2D eigenvalue weighted by Gasteiger charge is -2.02. The summed E-state index contributed by atoms with van der Waals surface area (Å²) in [6.45, 7) is 0.366. The van der Waals surface area contributed by atoms with E-state index >= 15 is 0 Å². The summed E-state index contributed by atoms with van der Waals surface area (Å²) >= 11 is 0. The highest BCUT2D eigenvalue weighted by atomic mass is 16.4. The van der Waals surface area contributed by atoms with Crippen LogP contribution in [-0.2, 0) is 6.54 Å². The van der Waals surface area contributed by atoms with Gasteiger partial charge >= 0.3 is 5.97 Å². The first-order chi connectivity index (χ1) is 9.74. The van der Waals surface area contributed by atoms with Crippen LogP contribution in [-0.4, -0.2) is 20.6 Å². The Morgan fingerprint density at radius 2 is 2.00 bits per heavy atom. The minimum absolute atomic E-state index is 0.231. The van der Waals surface area contributed by atoms with Gasteiger partial charge in [0.1, 0.15) is 12.0 Å². The van der Waals surface area contributed by atoms with Crippen molar-refractivity contribution in [1.29, 1.82) is 0 Å². The van der Waals surface area contributed by atoms with Crippen LogP contribution < -0.4 is 0 Å². The molecule has 0 saturated carbocycles. The highest BCUT2D eigenvalue weighted by Crippen LogP contribution is 2.18. The number of carboxylic acid groups (broad SMARTS) is 1. The molecule has 2 aromatic heterocycles. The van der Waals surface area contributed by atoms with Gasteiger partial charge in [-0.2, -0.15) is 0 Å². The number of carbonyl (C=O) groups is 1. The smallest absolute Gasteiger partial charge is 0.352 e. The summed E-state index contributed by atoms with van der Waals surface area (Å²) in [6.07, 6.45) is 3.26. The molecule has 5 nitrogen and oxygen atoms in total. The molecule has 0 fully saturated rings. The Bertz CT molecular complexity index is 728. The Kier molecular flexibility index (Phi) is 3.09. The van der Waals surface area contributed by atoms with Gasteiger partial charge in [-0.3, -0.25) is 0 Å². The molecule has 0 spiro atoms. The fraction of sp³-hybridized carbons (Fsp3) is 0.0667. The van der Waals surface area contributed by atoms with Gasteiger partial charge in [0.25, 0.3) is 0 Å². The van der Waals surface area contributed by atoms with Gasteiger partial charge in [0, 0.05) is 11.8 Å². The van der Waals surface area contributed by atoms with E-state index in [2.05, 4.69) is 4.98 Å². The number of aromatic carboxylic acids is 1. The second-order valence-electron chi connectivity index (χ2n) is 4.34. The normalized spacial score (nSPS) is 10.6. The monoisotopic (exact) mass is 268 g/mol. The van der Waals surface area contributed by atoms with Crippen LogP contribution in [0.15, 0.2) is 59.3 Å². The van der Waals surface area contributed by atoms with Gasteiger partial charge in [0.15, 0.2) is 0 Å². The molecule has 0 saturated heterocycles. The maximum atomic E-state index is 11.0. The summed E-state index contributed by atoms with van der Waals surface area (Å²) in [5, 5.41) is 9.05. The van der Waals surface area contributed by atoms with E-state index in [9.17, 15) is 4.79 Å². The van der Waals surface area contributed by atoms with Crippen LogP contribution >= 0.6 is 0 Å². The average molecular weight is 268 g/mol. The second kappa shape index (κ2) is 5.05. The van der Waals surface area contributed by atoms with Crippen LogP contribution in [0.4, 0.5) is 0 Å². The van der Waals surface area contributed by atoms with Crippen molar-refractivity contribution in [2.45, 2.75) is 6.54 Å². The molecular weight excluding hydrogens is 256 g/mol. The Labute approximate surface area is 115 Å². The minimum Gasteiger partial charge on any atom is -0.477 e. The van der Waals surface area contributed by atoms with E-state index in [0.717, 1.165) is 5.56 Å². The number of aromatic nitrogens is 2. The zero-order chi connectivity index (χ0) is 13.9. The number of benzene rings is 1. The number of hydrogen-bond donors (Lipinski definition) is 1. The first-order valence-electron chi connectivity index (χ1n) is 6.12. The summed E-state index contributed by atoms with van der Waals surface area (Å²) < 4.78 is 7.05. The van der Waals surface area contributed by atoms with Crippen molar-refractivity contribution < 1.29 is 14.3 Å². The van der Waals surface area contributed by atoms with Gasteiger partial charge in [-0.15, -0.1) is 0 Å². The SMILES string of the molecule is O=C(O)c1cccn1Cc1coc(-c2ccccc2)n1. The number of nitrogens with zero attached hydrogens (tertiary/aromatic N) is 2. The maximum Gasteiger partial charge on any atom is 0.352 e. The lowest BCUT2D eigenvalue weighted by atomic mass is 10.2. The van der Waals surface area contributed by atoms with E-state index in [0.29, 0.717) is 18.1 Å². The molecule has 0 amide bonds. The van der Waals surface area contributed by atoms with Gasteiger partial charge in [-0.25, -0.2) is 9.78 Å². The lowest BCUT2D eigenvalue weighted by Crippen LogP contribution is -2.08. The topological polar surface area (TPSA) is 68.3 Å². The molecule has 0 atom stereocenters. The minimum atomic E-state index is -0.957. The van der Waals surface area contributed by atoms with E-state index in [-0.39, 0.29) is 5.69 Å². The van der Waals surface area contributed by atoms with Gasteiger partial charge in [-0.05, 0) is 24.3 Å². The molecule has 0 aliphatic rings. The van der Waals surface area contributed by atoms with Crippen LogP contribution in [0.25, 0.3) is 11.5 Å². The standard InChI is InChI=1S/C15H12N2O3/c18-15(19)13-7-4-8-17(13)9-12-10-20-14(16-12)11-5-2-1-3-6-11/h1-8,10H,9H2,(H,18,19). The quantitative estimate of drug-likeness (QED) is 0.790. The molecular formula is C15H12N2O3. The molecule has 0 unspecified atom stereocenters. The molecule has 3 rings (SSSR count). The van der Waals surface area contributed by atoms with E-state index in [1.165, 1.54) is 0 Å². The van der Waals surface area contributed by atoms with Gasteiger partial charge in [0.05, 0.1) is 12.2 Å². The van der Waals surface area contributed by atoms with Crippen molar-refractivity contribution in [3.05, 3.63) is 66.3 Å². The fourth-order valence-corrected chi connectivity index (χ4v) is 2.01. The molecule has 2 heterocycles. The number of oxazole rings is 1. The summed E-state index contributed by atoms with van der Waals surface area (Å²) in [5.74, 6) is -0.425. The Hall–Kier alpha value is -2.82. The van der Waals surface area contributed by atoms with E-state index in [1.54, 1.807) is 29.2 Å². The number of hydrogen-bond acceptors (Lipinski definition) is 3. The molecule has 0 aliphatic carbocycles. The fourth-order valence-electron chi connectivity index (χ4n) is 2.01. The second-order valence-corrected chi connectivity index (χ2v) is 4.34. The molecule has 20 heavy (non-hydrogen) atoms. The van der Waals surface area contributed by atoms with Crippen LogP contribution in [0.3, 0.4) is 0 Å². The largest absolute Gasteiger partial charge is 0.477 e. The Morgan fingerprint density at radius 1 is 1.20 bits per heavy atom. The van der Waals surface area contributed by atoms with Gasteiger partial charge in [0.2, 0.25) is 5.89 Å². The van der Waals surface area contributed by atoms with E-state index in [1.807, 2.05) is 30.3 Å². The number of rotatable bonds is 4. The van der Waals surface area contributed by atoms with Gasteiger partial charge < -0.3 is 14.1 Å². The lowest BCUT2D eigenvalue weighted by molar-refractivity contribution is 0.0685. The molecule has 1 N–H and O–H groups in total. The third-order valence-electron chi connectivity index (χ3n) is 2.95. The Morgan fingerprint density at radius 3 is 2.75 bits per heavy atom. The first kappa shape index (κ1) is 12.2. The Balaban J connectivity index is 1.84. The first-order valence-corrected chi connectivity index (χ1v) is 6.12. The average Bonchev–Trinajstić information content (AvgIpc) is 3.09.